The second kappa shape index (κ2) is 11.8. The van der Waals surface area contributed by atoms with Crippen molar-refractivity contribution in [2.45, 2.75) is 103 Å². The molecule has 4 rings (SSSR count). The van der Waals surface area contributed by atoms with Crippen LogP contribution in [0, 0.1) is 35.2 Å². The molecule has 0 amide bonds. The zero-order chi connectivity index (χ0) is 24.1. The predicted molar refractivity (Wildman–Crippen MR) is 137 cm³/mol. The SMILES string of the molecule is C/C=C/CCc1ccc2cc([C@@H]3CC[C@@H]4CC(CCCCCC)CCC4C3)c(F)c(F)c2c1F. The Kier molecular flexibility index (Phi) is 8.77. The zero-order valence-corrected chi connectivity index (χ0v) is 21.0. The maximum atomic E-state index is 15.3. The Balaban J connectivity index is 1.46. The van der Waals surface area contributed by atoms with Crippen LogP contribution in [0.1, 0.15) is 108 Å². The van der Waals surface area contributed by atoms with E-state index in [0.29, 0.717) is 35.3 Å². The summed E-state index contributed by atoms with van der Waals surface area (Å²) in [5.74, 6) is -0.179. The van der Waals surface area contributed by atoms with Gasteiger partial charge >= 0.3 is 0 Å². The number of allylic oxidation sites excluding steroid dienone is 2. The number of hydrogen-bond donors (Lipinski definition) is 0. The highest BCUT2D eigenvalue weighted by molar-refractivity contribution is 5.85. The highest BCUT2D eigenvalue weighted by atomic mass is 19.2. The maximum absolute atomic E-state index is 15.3. The van der Waals surface area contributed by atoms with Crippen LogP contribution in [0.2, 0.25) is 0 Å². The molecule has 0 saturated heterocycles. The third-order valence-corrected chi connectivity index (χ3v) is 8.67. The van der Waals surface area contributed by atoms with E-state index in [-0.39, 0.29) is 11.3 Å². The molecule has 0 nitrogen and oxygen atoms in total. The lowest BCUT2D eigenvalue weighted by Crippen LogP contribution is -2.30. The first kappa shape index (κ1) is 25.3. The minimum Gasteiger partial charge on any atom is -0.206 e. The van der Waals surface area contributed by atoms with Gasteiger partial charge in [0.1, 0.15) is 5.82 Å². The molecule has 0 spiro atoms. The number of halogens is 3. The van der Waals surface area contributed by atoms with Gasteiger partial charge in [0.25, 0.3) is 0 Å². The second-order valence-electron chi connectivity index (χ2n) is 10.9. The molecule has 0 bridgehead atoms. The number of unbranched alkanes of at least 4 members (excludes halogenated alkanes) is 3. The van der Waals surface area contributed by atoms with Gasteiger partial charge in [0.2, 0.25) is 0 Å². The molecule has 2 saturated carbocycles. The Morgan fingerprint density at radius 2 is 1.68 bits per heavy atom. The fourth-order valence-corrected chi connectivity index (χ4v) is 6.73. The minimum absolute atomic E-state index is 0.0404. The van der Waals surface area contributed by atoms with Crippen molar-refractivity contribution in [3.8, 4) is 0 Å². The number of rotatable bonds is 9. The minimum atomic E-state index is -1.00. The number of fused-ring (bicyclic) bond motifs is 2. The fraction of sp³-hybridized carbons (Fsp3) is 0.613. The van der Waals surface area contributed by atoms with Crippen LogP contribution < -0.4 is 0 Å². The molecule has 2 fully saturated rings. The monoisotopic (exact) mass is 470 g/mol. The van der Waals surface area contributed by atoms with E-state index >= 15 is 13.2 Å². The summed E-state index contributed by atoms with van der Waals surface area (Å²) in [5.41, 5.74) is 0.912. The molecule has 186 valence electrons. The molecular weight excluding hydrogens is 429 g/mol. The molecule has 2 aromatic rings. The van der Waals surface area contributed by atoms with Gasteiger partial charge in [-0.3, -0.25) is 0 Å². The smallest absolute Gasteiger partial charge is 0.169 e. The second-order valence-corrected chi connectivity index (χ2v) is 10.9. The average molecular weight is 471 g/mol. The molecule has 0 radical (unpaired) electrons. The molecule has 0 heterocycles. The Bertz CT molecular complexity index is 992. The molecule has 2 aliphatic carbocycles. The summed E-state index contributed by atoms with van der Waals surface area (Å²) in [6.45, 7) is 4.18. The summed E-state index contributed by atoms with van der Waals surface area (Å²) in [6, 6.07) is 5.24. The Morgan fingerprint density at radius 1 is 0.882 bits per heavy atom. The molecule has 34 heavy (non-hydrogen) atoms. The molecule has 4 atom stereocenters. The topological polar surface area (TPSA) is 0 Å². The van der Waals surface area contributed by atoms with Crippen molar-refractivity contribution in [2.24, 2.45) is 17.8 Å². The van der Waals surface area contributed by atoms with Crippen molar-refractivity contribution in [2.75, 3.05) is 0 Å². The van der Waals surface area contributed by atoms with Crippen molar-refractivity contribution in [3.05, 3.63) is 58.9 Å². The lowest BCUT2D eigenvalue weighted by atomic mass is 9.63. The number of hydrogen-bond acceptors (Lipinski definition) is 0. The van der Waals surface area contributed by atoms with Crippen LogP contribution in [-0.4, -0.2) is 0 Å². The highest BCUT2D eigenvalue weighted by Gasteiger charge is 2.37. The Morgan fingerprint density at radius 3 is 2.47 bits per heavy atom. The van der Waals surface area contributed by atoms with Gasteiger partial charge in [-0.05, 0) is 98.1 Å². The van der Waals surface area contributed by atoms with Crippen molar-refractivity contribution in [1.82, 2.24) is 0 Å². The molecule has 3 heteroatoms. The summed E-state index contributed by atoms with van der Waals surface area (Å²) in [7, 11) is 0. The van der Waals surface area contributed by atoms with Crippen LogP contribution in [0.15, 0.2) is 30.4 Å². The summed E-state index contributed by atoms with van der Waals surface area (Å²) < 4.78 is 45.5. The fourth-order valence-electron chi connectivity index (χ4n) is 6.73. The van der Waals surface area contributed by atoms with Crippen molar-refractivity contribution >= 4 is 10.8 Å². The lowest BCUT2D eigenvalue weighted by Gasteiger charge is -2.42. The molecule has 0 aromatic heterocycles. The zero-order valence-electron chi connectivity index (χ0n) is 21.0. The summed E-state index contributed by atoms with van der Waals surface area (Å²) in [5, 5.41) is 0.301. The van der Waals surface area contributed by atoms with Gasteiger partial charge in [-0.25, -0.2) is 13.2 Å². The van der Waals surface area contributed by atoms with E-state index in [1.165, 1.54) is 51.4 Å². The summed E-state index contributed by atoms with van der Waals surface area (Å²) >= 11 is 0. The van der Waals surface area contributed by atoms with Gasteiger partial charge in [-0.15, -0.1) is 0 Å². The summed E-state index contributed by atoms with van der Waals surface area (Å²) in [4.78, 5) is 0. The van der Waals surface area contributed by atoms with Gasteiger partial charge in [-0.1, -0.05) is 69.7 Å². The van der Waals surface area contributed by atoms with Crippen molar-refractivity contribution in [1.29, 1.82) is 0 Å². The van der Waals surface area contributed by atoms with Gasteiger partial charge in [0, 0.05) is 0 Å². The standard InChI is InChI=1S/C31H41F3/c1-3-5-7-9-10-21-12-13-24-19-25(16-15-23(24)18-21)27-20-26-17-14-22(11-8-6-4-2)29(32)28(26)31(34)30(27)33/h4,6,14,17,20-21,23-25H,3,5,7-13,15-16,18-19H2,1-2H3/b6-4+/t21?,23-,24?,25-/m1/s1. The van der Waals surface area contributed by atoms with E-state index in [9.17, 15) is 0 Å². The normalized spacial score (nSPS) is 25.2. The largest absolute Gasteiger partial charge is 0.206 e. The van der Waals surface area contributed by atoms with Crippen molar-refractivity contribution < 1.29 is 13.2 Å². The number of benzene rings is 2. The van der Waals surface area contributed by atoms with Crippen LogP contribution in [-0.2, 0) is 6.42 Å². The molecule has 2 unspecified atom stereocenters. The van der Waals surface area contributed by atoms with E-state index in [1.54, 1.807) is 18.2 Å². The van der Waals surface area contributed by atoms with Crippen LogP contribution in [0.3, 0.4) is 0 Å². The van der Waals surface area contributed by atoms with Gasteiger partial charge in [-0.2, -0.15) is 0 Å². The highest BCUT2D eigenvalue weighted by Crippen LogP contribution is 2.49. The first-order chi connectivity index (χ1) is 16.5. The maximum Gasteiger partial charge on any atom is 0.169 e. The van der Waals surface area contributed by atoms with Crippen LogP contribution >= 0.6 is 0 Å². The Hall–Kier alpha value is -1.77. The third kappa shape index (κ3) is 5.55. The predicted octanol–water partition coefficient (Wildman–Crippen LogP) is 10.0. The molecule has 0 aliphatic heterocycles. The first-order valence-electron chi connectivity index (χ1n) is 13.7. The lowest BCUT2D eigenvalue weighted by molar-refractivity contribution is 0.112. The van der Waals surface area contributed by atoms with Gasteiger partial charge in [0.15, 0.2) is 11.6 Å². The van der Waals surface area contributed by atoms with Crippen LogP contribution in [0.25, 0.3) is 10.8 Å². The Labute approximate surface area is 204 Å². The van der Waals surface area contributed by atoms with E-state index in [4.69, 9.17) is 0 Å². The molecule has 0 N–H and O–H groups in total. The van der Waals surface area contributed by atoms with E-state index < -0.39 is 17.5 Å². The van der Waals surface area contributed by atoms with Gasteiger partial charge in [0.05, 0.1) is 5.39 Å². The molecule has 2 aliphatic rings. The van der Waals surface area contributed by atoms with E-state index in [1.807, 2.05) is 19.1 Å². The van der Waals surface area contributed by atoms with E-state index in [2.05, 4.69) is 6.92 Å². The average Bonchev–Trinajstić information content (AvgIpc) is 2.85. The quantitative estimate of drug-likeness (QED) is 0.253. The number of aryl methyl sites for hydroxylation is 1. The van der Waals surface area contributed by atoms with Crippen LogP contribution in [0.5, 0.6) is 0 Å². The van der Waals surface area contributed by atoms with E-state index in [0.717, 1.165) is 31.1 Å². The molecular formula is C31H41F3. The van der Waals surface area contributed by atoms with Crippen molar-refractivity contribution in [3.63, 3.8) is 0 Å². The summed E-state index contributed by atoms with van der Waals surface area (Å²) in [6.07, 6.45) is 18.5. The molecule has 2 aromatic carbocycles. The first-order valence-corrected chi connectivity index (χ1v) is 13.7. The third-order valence-electron chi connectivity index (χ3n) is 8.67. The van der Waals surface area contributed by atoms with Gasteiger partial charge < -0.3 is 0 Å². The van der Waals surface area contributed by atoms with Crippen LogP contribution in [0.4, 0.5) is 13.2 Å².